The Bertz CT molecular complexity index is 1060. The van der Waals surface area contributed by atoms with E-state index in [-0.39, 0.29) is 0 Å². The molecule has 0 saturated heterocycles. The summed E-state index contributed by atoms with van der Waals surface area (Å²) in [6, 6.07) is 10.9. The minimum atomic E-state index is 0.990. The fraction of sp³-hybridized carbons (Fsp3) is 0.238. The molecule has 4 rings (SSSR count). The maximum absolute atomic E-state index is 6.25. The summed E-state index contributed by atoms with van der Waals surface area (Å²) in [6.45, 7) is 10.9. The number of furan rings is 1. The van der Waals surface area contributed by atoms with Gasteiger partial charge in [0.15, 0.2) is 0 Å². The average molecular weight is 288 g/mol. The van der Waals surface area contributed by atoms with Gasteiger partial charge in [-0.05, 0) is 85.3 Å². The first kappa shape index (κ1) is 13.4. The van der Waals surface area contributed by atoms with Crippen molar-refractivity contribution in [3.63, 3.8) is 0 Å². The van der Waals surface area contributed by atoms with Crippen LogP contribution in [0.5, 0.6) is 0 Å². The van der Waals surface area contributed by atoms with Crippen LogP contribution in [0, 0.1) is 34.6 Å². The van der Waals surface area contributed by atoms with Crippen LogP contribution >= 0.6 is 0 Å². The average Bonchev–Trinajstić information content (AvgIpc) is 2.88. The van der Waals surface area contributed by atoms with Crippen LogP contribution in [0.4, 0.5) is 0 Å². The topological polar surface area (TPSA) is 13.1 Å². The van der Waals surface area contributed by atoms with Gasteiger partial charge in [-0.2, -0.15) is 0 Å². The zero-order chi connectivity index (χ0) is 15.6. The summed E-state index contributed by atoms with van der Waals surface area (Å²) in [5.74, 6) is 0. The Labute approximate surface area is 130 Å². The maximum Gasteiger partial charge on any atom is 0.138 e. The van der Waals surface area contributed by atoms with E-state index in [1.807, 2.05) is 0 Å². The van der Waals surface area contributed by atoms with E-state index in [2.05, 4.69) is 65.0 Å². The molecule has 3 aromatic carbocycles. The van der Waals surface area contributed by atoms with Crippen LogP contribution in [0.3, 0.4) is 0 Å². The zero-order valence-corrected chi connectivity index (χ0v) is 13.8. The SMILES string of the molecule is Cc1c(C)c(C)c2c(oc3cc4cccc(C)c4cc32)c1C. The first-order valence-electron chi connectivity index (χ1n) is 7.81. The number of benzene rings is 3. The van der Waals surface area contributed by atoms with Crippen molar-refractivity contribution in [2.75, 3.05) is 0 Å². The lowest BCUT2D eigenvalue weighted by Crippen LogP contribution is -1.91. The molecule has 0 atom stereocenters. The van der Waals surface area contributed by atoms with E-state index in [9.17, 15) is 0 Å². The predicted octanol–water partition coefficient (Wildman–Crippen LogP) is 6.28. The predicted molar refractivity (Wildman–Crippen MR) is 94.9 cm³/mol. The van der Waals surface area contributed by atoms with E-state index >= 15 is 0 Å². The monoisotopic (exact) mass is 288 g/mol. The summed E-state index contributed by atoms with van der Waals surface area (Å²) in [5.41, 5.74) is 8.65. The van der Waals surface area contributed by atoms with E-state index in [1.54, 1.807) is 0 Å². The molecule has 0 bridgehead atoms. The fourth-order valence-electron chi connectivity index (χ4n) is 3.58. The molecule has 0 fully saturated rings. The normalized spacial score (nSPS) is 11.9. The minimum Gasteiger partial charge on any atom is -0.456 e. The highest BCUT2D eigenvalue weighted by Gasteiger charge is 2.16. The molecular weight excluding hydrogens is 268 g/mol. The first-order chi connectivity index (χ1) is 10.5. The van der Waals surface area contributed by atoms with Gasteiger partial charge in [-0.25, -0.2) is 0 Å². The van der Waals surface area contributed by atoms with Crippen LogP contribution in [0.25, 0.3) is 32.7 Å². The summed E-state index contributed by atoms with van der Waals surface area (Å²) in [4.78, 5) is 0. The van der Waals surface area contributed by atoms with Crippen LogP contribution in [0.2, 0.25) is 0 Å². The smallest absolute Gasteiger partial charge is 0.138 e. The van der Waals surface area contributed by atoms with Crippen molar-refractivity contribution in [2.24, 2.45) is 0 Å². The molecule has 0 amide bonds. The molecule has 0 aliphatic carbocycles. The molecule has 1 heterocycles. The quantitative estimate of drug-likeness (QED) is 0.371. The molecule has 0 aliphatic rings. The highest BCUT2D eigenvalue weighted by atomic mass is 16.3. The Balaban J connectivity index is 2.30. The van der Waals surface area contributed by atoms with Gasteiger partial charge in [0.25, 0.3) is 0 Å². The maximum atomic E-state index is 6.25. The van der Waals surface area contributed by atoms with Crippen LogP contribution in [0.15, 0.2) is 34.7 Å². The molecule has 4 aromatic rings. The van der Waals surface area contributed by atoms with Gasteiger partial charge in [-0.15, -0.1) is 0 Å². The van der Waals surface area contributed by atoms with Gasteiger partial charge in [0, 0.05) is 10.8 Å². The first-order valence-corrected chi connectivity index (χ1v) is 7.81. The molecule has 0 unspecified atom stereocenters. The van der Waals surface area contributed by atoms with Gasteiger partial charge in [-0.3, -0.25) is 0 Å². The van der Waals surface area contributed by atoms with Gasteiger partial charge in [0.05, 0.1) is 0 Å². The number of aryl methyl sites for hydroxylation is 3. The number of rotatable bonds is 0. The molecule has 110 valence electrons. The van der Waals surface area contributed by atoms with Crippen molar-refractivity contribution in [1.82, 2.24) is 0 Å². The van der Waals surface area contributed by atoms with E-state index in [0.717, 1.165) is 11.2 Å². The zero-order valence-electron chi connectivity index (χ0n) is 13.8. The van der Waals surface area contributed by atoms with Gasteiger partial charge in [-0.1, -0.05) is 18.2 Å². The minimum absolute atomic E-state index is 0.990. The molecular formula is C21H20O. The summed E-state index contributed by atoms with van der Waals surface area (Å²) in [5, 5.41) is 5.07. The lowest BCUT2D eigenvalue weighted by atomic mass is 9.93. The van der Waals surface area contributed by atoms with E-state index in [4.69, 9.17) is 4.42 Å². The second kappa shape index (κ2) is 4.36. The Morgan fingerprint density at radius 3 is 2.23 bits per heavy atom. The van der Waals surface area contributed by atoms with Gasteiger partial charge in [0.1, 0.15) is 11.2 Å². The Kier molecular flexibility index (Phi) is 2.65. The van der Waals surface area contributed by atoms with Gasteiger partial charge in [0.2, 0.25) is 0 Å². The molecule has 0 N–H and O–H groups in total. The van der Waals surface area contributed by atoms with Crippen LogP contribution < -0.4 is 0 Å². The van der Waals surface area contributed by atoms with Crippen LogP contribution in [-0.2, 0) is 0 Å². The van der Waals surface area contributed by atoms with Crippen LogP contribution in [0.1, 0.15) is 27.8 Å². The lowest BCUT2D eigenvalue weighted by Gasteiger charge is -2.09. The summed E-state index contributed by atoms with van der Waals surface area (Å²) >= 11 is 0. The third kappa shape index (κ3) is 1.60. The molecule has 1 heteroatoms. The Morgan fingerprint density at radius 1 is 0.727 bits per heavy atom. The highest BCUT2D eigenvalue weighted by Crippen LogP contribution is 2.38. The number of fused-ring (bicyclic) bond motifs is 4. The fourth-order valence-corrected chi connectivity index (χ4v) is 3.58. The Hall–Kier alpha value is -2.28. The van der Waals surface area contributed by atoms with Crippen molar-refractivity contribution in [2.45, 2.75) is 34.6 Å². The molecule has 0 spiro atoms. The molecule has 0 radical (unpaired) electrons. The van der Waals surface area contributed by atoms with Gasteiger partial charge >= 0.3 is 0 Å². The largest absolute Gasteiger partial charge is 0.456 e. The second-order valence-electron chi connectivity index (χ2n) is 6.45. The number of hydrogen-bond acceptors (Lipinski definition) is 1. The van der Waals surface area contributed by atoms with Crippen molar-refractivity contribution in [3.05, 3.63) is 58.1 Å². The van der Waals surface area contributed by atoms with Crippen LogP contribution in [-0.4, -0.2) is 0 Å². The third-order valence-electron chi connectivity index (χ3n) is 5.31. The second-order valence-corrected chi connectivity index (χ2v) is 6.45. The summed E-state index contributed by atoms with van der Waals surface area (Å²) < 4.78 is 6.25. The lowest BCUT2D eigenvalue weighted by molar-refractivity contribution is 0.665. The third-order valence-corrected chi connectivity index (χ3v) is 5.31. The van der Waals surface area contributed by atoms with Crippen molar-refractivity contribution in [3.8, 4) is 0 Å². The standard InChI is InChI=1S/C21H20O/c1-11-7-6-8-16-9-19-18(10-17(11)16)20-14(4)12(2)13(3)15(5)21(20)22-19/h6-10H,1-5H3. The summed E-state index contributed by atoms with van der Waals surface area (Å²) in [6.07, 6.45) is 0. The van der Waals surface area contributed by atoms with Gasteiger partial charge < -0.3 is 4.42 Å². The van der Waals surface area contributed by atoms with E-state index in [1.165, 1.54) is 49.4 Å². The van der Waals surface area contributed by atoms with Crippen molar-refractivity contribution in [1.29, 1.82) is 0 Å². The van der Waals surface area contributed by atoms with E-state index < -0.39 is 0 Å². The molecule has 0 saturated carbocycles. The molecule has 22 heavy (non-hydrogen) atoms. The number of hydrogen-bond donors (Lipinski definition) is 0. The van der Waals surface area contributed by atoms with Crippen molar-refractivity contribution < 1.29 is 4.42 Å². The molecule has 1 aromatic heterocycles. The highest BCUT2D eigenvalue weighted by molar-refractivity contribution is 6.12. The van der Waals surface area contributed by atoms with Crippen molar-refractivity contribution >= 4 is 32.7 Å². The molecule has 0 aliphatic heterocycles. The van der Waals surface area contributed by atoms with E-state index in [0.29, 0.717) is 0 Å². The summed E-state index contributed by atoms with van der Waals surface area (Å²) in [7, 11) is 0. The molecule has 1 nitrogen and oxygen atoms in total. The Morgan fingerprint density at radius 2 is 1.45 bits per heavy atom.